The first-order valence-corrected chi connectivity index (χ1v) is 7.27. The second-order valence-corrected chi connectivity index (χ2v) is 5.63. The molecular formula is C12H17BrN6. The van der Waals surface area contributed by atoms with Crippen molar-refractivity contribution in [2.24, 2.45) is 7.05 Å². The van der Waals surface area contributed by atoms with Crippen LogP contribution in [0.4, 0.5) is 0 Å². The van der Waals surface area contributed by atoms with E-state index in [9.17, 15) is 0 Å². The Morgan fingerprint density at radius 1 is 1.37 bits per heavy atom. The highest BCUT2D eigenvalue weighted by Crippen LogP contribution is 2.24. The second kappa shape index (κ2) is 5.05. The molecule has 0 aliphatic carbocycles. The molecule has 3 rings (SSSR count). The third-order valence-electron chi connectivity index (χ3n) is 3.59. The van der Waals surface area contributed by atoms with Crippen LogP contribution in [0.15, 0.2) is 10.8 Å². The lowest BCUT2D eigenvalue weighted by Crippen LogP contribution is -2.33. The Kier molecular flexibility index (Phi) is 3.40. The van der Waals surface area contributed by atoms with Crippen LogP contribution in [0.2, 0.25) is 0 Å². The Bertz CT molecular complexity index is 587. The standard InChI is InChI=1S/C12H17BrN6/c1-3-9-12(13)10(17(2)16-9)6-18-4-5-19-8-14-15-11(19)7-18/h8H,3-7H2,1-2H3. The van der Waals surface area contributed by atoms with E-state index in [2.05, 4.69) is 47.6 Å². The molecule has 0 atom stereocenters. The van der Waals surface area contributed by atoms with E-state index in [-0.39, 0.29) is 0 Å². The Hall–Kier alpha value is -1.21. The normalized spacial score (nSPS) is 15.7. The molecule has 19 heavy (non-hydrogen) atoms. The first-order valence-electron chi connectivity index (χ1n) is 6.48. The molecule has 0 spiro atoms. The summed E-state index contributed by atoms with van der Waals surface area (Å²) >= 11 is 3.67. The summed E-state index contributed by atoms with van der Waals surface area (Å²) in [6.45, 7) is 5.83. The molecular weight excluding hydrogens is 308 g/mol. The van der Waals surface area contributed by atoms with E-state index >= 15 is 0 Å². The monoisotopic (exact) mass is 324 g/mol. The van der Waals surface area contributed by atoms with E-state index < -0.39 is 0 Å². The minimum atomic E-state index is 0.846. The largest absolute Gasteiger partial charge is 0.315 e. The molecule has 7 heteroatoms. The third kappa shape index (κ3) is 2.32. The van der Waals surface area contributed by atoms with Crippen LogP contribution in [0.1, 0.15) is 24.1 Å². The number of fused-ring (bicyclic) bond motifs is 1. The van der Waals surface area contributed by atoms with Crippen molar-refractivity contribution in [2.75, 3.05) is 6.54 Å². The van der Waals surface area contributed by atoms with E-state index in [1.165, 1.54) is 5.69 Å². The Morgan fingerprint density at radius 2 is 2.21 bits per heavy atom. The quantitative estimate of drug-likeness (QED) is 0.855. The molecule has 0 bridgehead atoms. The lowest BCUT2D eigenvalue weighted by molar-refractivity contribution is 0.203. The maximum absolute atomic E-state index is 4.54. The zero-order valence-corrected chi connectivity index (χ0v) is 12.8. The van der Waals surface area contributed by atoms with Crippen molar-refractivity contribution < 1.29 is 0 Å². The highest BCUT2D eigenvalue weighted by molar-refractivity contribution is 9.10. The fraction of sp³-hybridized carbons (Fsp3) is 0.583. The predicted molar refractivity (Wildman–Crippen MR) is 74.4 cm³/mol. The van der Waals surface area contributed by atoms with Gasteiger partial charge in [-0.1, -0.05) is 6.92 Å². The average Bonchev–Trinajstić information content (AvgIpc) is 2.97. The summed E-state index contributed by atoms with van der Waals surface area (Å²) in [5.74, 6) is 1.04. The molecule has 1 aliphatic rings. The number of halogens is 1. The van der Waals surface area contributed by atoms with E-state index in [1.807, 2.05) is 18.1 Å². The van der Waals surface area contributed by atoms with Gasteiger partial charge in [0, 0.05) is 26.7 Å². The summed E-state index contributed by atoms with van der Waals surface area (Å²) in [7, 11) is 2.01. The lowest BCUT2D eigenvalue weighted by atomic mass is 10.2. The van der Waals surface area contributed by atoms with Crippen molar-refractivity contribution in [3.8, 4) is 0 Å². The number of hydrogen-bond acceptors (Lipinski definition) is 4. The van der Waals surface area contributed by atoms with Crippen LogP contribution in [-0.2, 0) is 33.1 Å². The van der Waals surface area contributed by atoms with Crippen molar-refractivity contribution >= 4 is 15.9 Å². The number of aromatic nitrogens is 5. The van der Waals surface area contributed by atoms with Gasteiger partial charge in [0.1, 0.15) is 12.2 Å². The fourth-order valence-electron chi connectivity index (χ4n) is 2.45. The molecule has 0 saturated carbocycles. The Balaban J connectivity index is 1.78. The molecule has 0 aromatic carbocycles. The van der Waals surface area contributed by atoms with Gasteiger partial charge >= 0.3 is 0 Å². The molecule has 0 radical (unpaired) electrons. The van der Waals surface area contributed by atoms with Crippen LogP contribution in [0, 0.1) is 0 Å². The van der Waals surface area contributed by atoms with Gasteiger partial charge in [-0.05, 0) is 22.4 Å². The summed E-state index contributed by atoms with van der Waals surface area (Å²) in [4.78, 5) is 2.38. The van der Waals surface area contributed by atoms with Crippen molar-refractivity contribution in [1.82, 2.24) is 29.4 Å². The van der Waals surface area contributed by atoms with Crippen molar-refractivity contribution in [3.05, 3.63) is 28.0 Å². The first-order chi connectivity index (χ1) is 9.19. The number of nitrogens with zero attached hydrogens (tertiary/aromatic N) is 6. The van der Waals surface area contributed by atoms with Gasteiger partial charge in [0.25, 0.3) is 0 Å². The van der Waals surface area contributed by atoms with Gasteiger partial charge in [-0.2, -0.15) is 5.10 Å². The third-order valence-corrected chi connectivity index (χ3v) is 4.51. The average molecular weight is 325 g/mol. The number of hydrogen-bond donors (Lipinski definition) is 0. The van der Waals surface area contributed by atoms with Gasteiger partial charge < -0.3 is 4.57 Å². The van der Waals surface area contributed by atoms with Crippen molar-refractivity contribution in [3.63, 3.8) is 0 Å². The molecule has 6 nitrogen and oxygen atoms in total. The van der Waals surface area contributed by atoms with E-state index in [0.29, 0.717) is 0 Å². The molecule has 0 fully saturated rings. The topological polar surface area (TPSA) is 51.8 Å². The SMILES string of the molecule is CCc1nn(C)c(CN2CCn3cnnc3C2)c1Br. The molecule has 3 heterocycles. The van der Waals surface area contributed by atoms with E-state index in [1.54, 1.807) is 0 Å². The highest BCUT2D eigenvalue weighted by atomic mass is 79.9. The molecule has 0 saturated heterocycles. The highest BCUT2D eigenvalue weighted by Gasteiger charge is 2.21. The van der Waals surface area contributed by atoms with Crippen LogP contribution in [-0.4, -0.2) is 36.0 Å². The minimum Gasteiger partial charge on any atom is -0.315 e. The summed E-state index contributed by atoms with van der Waals surface area (Å²) in [5.41, 5.74) is 2.35. The molecule has 0 amide bonds. The summed E-state index contributed by atoms with van der Waals surface area (Å²) in [5, 5.41) is 12.6. The van der Waals surface area contributed by atoms with Gasteiger partial charge in [-0.3, -0.25) is 9.58 Å². The predicted octanol–water partition coefficient (Wildman–Crippen LogP) is 1.35. The molecule has 1 aliphatic heterocycles. The summed E-state index contributed by atoms with van der Waals surface area (Å²) in [6.07, 6.45) is 2.75. The molecule has 0 unspecified atom stereocenters. The van der Waals surface area contributed by atoms with Gasteiger partial charge in [0.15, 0.2) is 0 Å². The van der Waals surface area contributed by atoms with Gasteiger partial charge in [-0.25, -0.2) is 0 Å². The van der Waals surface area contributed by atoms with Crippen molar-refractivity contribution in [2.45, 2.75) is 33.0 Å². The van der Waals surface area contributed by atoms with Crippen LogP contribution >= 0.6 is 15.9 Å². The Morgan fingerprint density at radius 3 is 2.95 bits per heavy atom. The smallest absolute Gasteiger partial charge is 0.147 e. The first kappa shape index (κ1) is 12.8. The number of aryl methyl sites for hydroxylation is 2. The molecule has 2 aromatic heterocycles. The molecule has 0 N–H and O–H groups in total. The zero-order valence-electron chi connectivity index (χ0n) is 11.2. The second-order valence-electron chi connectivity index (χ2n) is 4.84. The zero-order chi connectivity index (χ0) is 13.4. The van der Waals surface area contributed by atoms with E-state index in [0.717, 1.165) is 48.6 Å². The minimum absolute atomic E-state index is 0.846. The van der Waals surface area contributed by atoms with Crippen molar-refractivity contribution in [1.29, 1.82) is 0 Å². The Labute approximate surface area is 120 Å². The van der Waals surface area contributed by atoms with E-state index in [4.69, 9.17) is 0 Å². The fourth-order valence-corrected chi connectivity index (χ4v) is 3.20. The van der Waals surface area contributed by atoms with Gasteiger partial charge in [0.05, 0.1) is 22.4 Å². The van der Waals surface area contributed by atoms with Crippen LogP contribution in [0.5, 0.6) is 0 Å². The molecule has 2 aromatic rings. The summed E-state index contributed by atoms with van der Waals surface area (Å²) in [6, 6.07) is 0. The van der Waals surface area contributed by atoms with Crippen LogP contribution in [0.3, 0.4) is 0 Å². The number of rotatable bonds is 3. The van der Waals surface area contributed by atoms with Gasteiger partial charge in [-0.15, -0.1) is 10.2 Å². The molecule has 102 valence electrons. The summed E-state index contributed by atoms with van der Waals surface area (Å²) < 4.78 is 5.23. The maximum atomic E-state index is 4.54. The van der Waals surface area contributed by atoms with Crippen LogP contribution in [0.25, 0.3) is 0 Å². The lowest BCUT2D eigenvalue weighted by Gasteiger charge is -2.26. The van der Waals surface area contributed by atoms with Gasteiger partial charge in [0.2, 0.25) is 0 Å². The maximum Gasteiger partial charge on any atom is 0.147 e. The van der Waals surface area contributed by atoms with Crippen LogP contribution < -0.4 is 0 Å².